The van der Waals surface area contributed by atoms with E-state index >= 15 is 0 Å². The highest BCUT2D eigenvalue weighted by atomic mass is 32.1. The lowest BCUT2D eigenvalue weighted by molar-refractivity contribution is 0.0222. The molecular formula is C17H25N3O3S. The second kappa shape index (κ2) is 5.72. The van der Waals surface area contributed by atoms with E-state index in [2.05, 4.69) is 18.8 Å². The number of fused-ring (bicyclic) bond motifs is 1. The number of carbonyl (C=O) groups excluding carboxylic acids is 2. The molecule has 0 bridgehead atoms. The molecule has 7 heteroatoms. The highest BCUT2D eigenvalue weighted by molar-refractivity contribution is 7.13. The van der Waals surface area contributed by atoms with Crippen molar-refractivity contribution in [2.75, 3.05) is 19.6 Å². The Morgan fingerprint density at radius 2 is 1.88 bits per heavy atom. The summed E-state index contributed by atoms with van der Waals surface area (Å²) in [6.07, 6.45) is 0.406. The van der Waals surface area contributed by atoms with Crippen molar-refractivity contribution < 1.29 is 14.3 Å². The fourth-order valence-corrected chi connectivity index (χ4v) is 4.07. The van der Waals surface area contributed by atoms with Crippen LogP contribution in [-0.4, -0.2) is 52.0 Å². The summed E-state index contributed by atoms with van der Waals surface area (Å²) in [7, 11) is 0. The Bertz CT molecular complexity index is 667. The van der Waals surface area contributed by atoms with E-state index in [9.17, 15) is 9.59 Å². The van der Waals surface area contributed by atoms with Crippen molar-refractivity contribution in [1.82, 2.24) is 14.8 Å². The Hall–Kier alpha value is -1.63. The minimum Gasteiger partial charge on any atom is -0.444 e. The first-order valence-electron chi connectivity index (χ1n) is 8.30. The lowest BCUT2D eigenvalue weighted by Gasteiger charge is -2.45. The number of rotatable bonds is 1. The summed E-state index contributed by atoms with van der Waals surface area (Å²) in [5.74, 6) is 0.0116. The molecule has 0 spiro atoms. The molecule has 1 saturated heterocycles. The summed E-state index contributed by atoms with van der Waals surface area (Å²) < 4.78 is 5.42. The molecule has 3 rings (SSSR count). The van der Waals surface area contributed by atoms with Crippen LogP contribution in [0.4, 0.5) is 4.79 Å². The van der Waals surface area contributed by atoms with Crippen molar-refractivity contribution in [3.63, 3.8) is 0 Å². The van der Waals surface area contributed by atoms with Gasteiger partial charge in [-0.25, -0.2) is 9.78 Å². The van der Waals surface area contributed by atoms with Crippen LogP contribution in [0, 0.1) is 5.41 Å². The Labute approximate surface area is 146 Å². The third-order valence-electron chi connectivity index (χ3n) is 4.09. The molecule has 2 aliphatic heterocycles. The molecule has 2 amide bonds. The van der Waals surface area contributed by atoms with Gasteiger partial charge in [-0.1, -0.05) is 13.8 Å². The fourth-order valence-electron chi connectivity index (χ4n) is 3.04. The van der Waals surface area contributed by atoms with Gasteiger partial charge in [0.2, 0.25) is 0 Å². The average Bonchev–Trinajstić information content (AvgIpc) is 2.84. The van der Waals surface area contributed by atoms with E-state index in [4.69, 9.17) is 4.74 Å². The van der Waals surface area contributed by atoms with Gasteiger partial charge in [-0.2, -0.15) is 0 Å². The van der Waals surface area contributed by atoms with Crippen LogP contribution in [0.25, 0.3) is 0 Å². The smallest absolute Gasteiger partial charge is 0.410 e. The van der Waals surface area contributed by atoms with E-state index in [1.54, 1.807) is 4.90 Å². The summed E-state index contributed by atoms with van der Waals surface area (Å²) in [5, 5.41) is 0.543. The number of likely N-dealkylation sites (tertiary alicyclic amines) is 1. The molecule has 3 heterocycles. The maximum Gasteiger partial charge on any atom is 0.410 e. The van der Waals surface area contributed by atoms with Gasteiger partial charge in [0, 0.05) is 30.9 Å². The molecule has 1 aromatic rings. The molecule has 24 heavy (non-hydrogen) atoms. The number of amides is 2. The molecule has 132 valence electrons. The normalized spacial score (nSPS) is 19.5. The van der Waals surface area contributed by atoms with E-state index in [0.717, 1.165) is 30.1 Å². The second-order valence-electron chi connectivity index (χ2n) is 8.37. The summed E-state index contributed by atoms with van der Waals surface area (Å²) in [6.45, 7) is 12.5. The maximum absolute atomic E-state index is 12.5. The Kier molecular flexibility index (Phi) is 4.10. The molecule has 0 saturated carbocycles. The number of aromatic nitrogens is 1. The Balaban J connectivity index is 1.67. The molecule has 0 N–H and O–H groups in total. The first-order chi connectivity index (χ1) is 11.0. The van der Waals surface area contributed by atoms with Gasteiger partial charge in [0.15, 0.2) is 5.01 Å². The standard InChI is InChI=1S/C17H25N3O3S/c1-16(2,3)23-15(22)19-7-6-12-11(8-19)18-13(24-12)14(21)20-9-17(4,5)10-20/h6-10H2,1-5H3. The molecule has 0 radical (unpaired) electrons. The summed E-state index contributed by atoms with van der Waals surface area (Å²) in [4.78, 5) is 33.8. The second-order valence-corrected chi connectivity index (χ2v) is 9.45. The van der Waals surface area contributed by atoms with Gasteiger partial charge in [0.1, 0.15) is 5.60 Å². The summed E-state index contributed by atoms with van der Waals surface area (Å²) >= 11 is 1.47. The predicted molar refractivity (Wildman–Crippen MR) is 92.1 cm³/mol. The van der Waals surface area contributed by atoms with E-state index in [1.807, 2.05) is 25.7 Å². The minimum atomic E-state index is -0.509. The van der Waals surface area contributed by atoms with Crippen molar-refractivity contribution in [2.45, 2.75) is 53.2 Å². The van der Waals surface area contributed by atoms with Crippen LogP contribution in [0.2, 0.25) is 0 Å². The molecular weight excluding hydrogens is 326 g/mol. The number of hydrogen-bond acceptors (Lipinski definition) is 5. The van der Waals surface area contributed by atoms with E-state index in [-0.39, 0.29) is 17.4 Å². The largest absolute Gasteiger partial charge is 0.444 e. The van der Waals surface area contributed by atoms with Crippen LogP contribution in [0.3, 0.4) is 0 Å². The van der Waals surface area contributed by atoms with Crippen molar-refractivity contribution in [1.29, 1.82) is 0 Å². The Morgan fingerprint density at radius 1 is 1.21 bits per heavy atom. The summed E-state index contributed by atoms with van der Waals surface area (Å²) in [6, 6.07) is 0. The third-order valence-corrected chi connectivity index (χ3v) is 5.23. The van der Waals surface area contributed by atoms with Crippen LogP contribution in [0.15, 0.2) is 0 Å². The van der Waals surface area contributed by atoms with Crippen molar-refractivity contribution >= 4 is 23.3 Å². The van der Waals surface area contributed by atoms with Crippen LogP contribution < -0.4 is 0 Å². The molecule has 2 aliphatic rings. The van der Waals surface area contributed by atoms with Gasteiger partial charge in [-0.05, 0) is 26.2 Å². The highest BCUT2D eigenvalue weighted by Gasteiger charge is 2.39. The number of hydrogen-bond donors (Lipinski definition) is 0. The molecule has 6 nitrogen and oxygen atoms in total. The van der Waals surface area contributed by atoms with E-state index < -0.39 is 5.60 Å². The van der Waals surface area contributed by atoms with Crippen molar-refractivity contribution in [3.05, 3.63) is 15.6 Å². The van der Waals surface area contributed by atoms with Crippen molar-refractivity contribution in [2.24, 2.45) is 5.41 Å². The van der Waals surface area contributed by atoms with Gasteiger partial charge in [0.25, 0.3) is 5.91 Å². The van der Waals surface area contributed by atoms with Gasteiger partial charge in [-0.3, -0.25) is 4.79 Å². The Morgan fingerprint density at radius 3 is 2.46 bits per heavy atom. The SMILES string of the molecule is CC1(C)CN(C(=O)c2nc3c(s2)CCN(C(=O)OC(C)(C)C)C3)C1. The molecule has 1 aromatic heterocycles. The van der Waals surface area contributed by atoms with Gasteiger partial charge >= 0.3 is 6.09 Å². The van der Waals surface area contributed by atoms with Crippen LogP contribution in [-0.2, 0) is 17.7 Å². The van der Waals surface area contributed by atoms with E-state index in [0.29, 0.717) is 18.1 Å². The zero-order chi connectivity index (χ0) is 17.7. The van der Waals surface area contributed by atoms with Gasteiger partial charge in [0.05, 0.1) is 12.2 Å². The minimum absolute atomic E-state index is 0.0116. The average molecular weight is 351 g/mol. The lowest BCUT2D eigenvalue weighted by atomic mass is 9.84. The van der Waals surface area contributed by atoms with Gasteiger partial charge in [-0.15, -0.1) is 11.3 Å². The monoisotopic (exact) mass is 351 g/mol. The lowest BCUT2D eigenvalue weighted by Crippen LogP contribution is -2.55. The summed E-state index contributed by atoms with van der Waals surface area (Å²) in [5.41, 5.74) is 0.533. The number of ether oxygens (including phenoxy) is 1. The molecule has 1 fully saturated rings. The van der Waals surface area contributed by atoms with Crippen LogP contribution in [0.1, 0.15) is 55.0 Å². The zero-order valence-corrected chi connectivity index (χ0v) is 15.8. The number of nitrogens with zero attached hydrogens (tertiary/aromatic N) is 3. The van der Waals surface area contributed by atoms with Crippen molar-refractivity contribution in [3.8, 4) is 0 Å². The maximum atomic E-state index is 12.5. The number of carbonyl (C=O) groups is 2. The number of thiazole rings is 1. The predicted octanol–water partition coefficient (Wildman–Crippen LogP) is 2.92. The van der Waals surface area contributed by atoms with Crippen LogP contribution in [0.5, 0.6) is 0 Å². The molecule has 0 unspecified atom stereocenters. The highest BCUT2D eigenvalue weighted by Crippen LogP contribution is 2.32. The fraction of sp³-hybridized carbons (Fsp3) is 0.706. The van der Waals surface area contributed by atoms with Gasteiger partial charge < -0.3 is 14.5 Å². The quantitative estimate of drug-likeness (QED) is 0.780. The molecule has 0 aromatic carbocycles. The molecule has 0 atom stereocenters. The first-order valence-corrected chi connectivity index (χ1v) is 9.11. The zero-order valence-electron chi connectivity index (χ0n) is 15.0. The third kappa shape index (κ3) is 3.55. The first kappa shape index (κ1) is 17.2. The van der Waals surface area contributed by atoms with Crippen LogP contribution >= 0.6 is 11.3 Å². The topological polar surface area (TPSA) is 62.7 Å². The van der Waals surface area contributed by atoms with E-state index in [1.165, 1.54) is 11.3 Å². The molecule has 0 aliphatic carbocycles.